The Labute approximate surface area is 47.9 Å². The van der Waals surface area contributed by atoms with Gasteiger partial charge in [-0.2, -0.15) is 0 Å². The van der Waals surface area contributed by atoms with Crippen LogP contribution in [0.2, 0.25) is 0 Å². The van der Waals surface area contributed by atoms with Gasteiger partial charge in [0.05, 0.1) is 0 Å². The summed E-state index contributed by atoms with van der Waals surface area (Å²) in [5, 5.41) is 0. The maximum absolute atomic E-state index is 2.27. The molecule has 0 nitrogen and oxygen atoms in total. The van der Waals surface area contributed by atoms with Crippen molar-refractivity contribution in [2.75, 3.05) is 20.0 Å². The molecule has 0 amide bonds. The Kier molecular flexibility index (Phi) is 9.51. The van der Waals surface area contributed by atoms with Crippen LogP contribution >= 0.6 is 7.92 Å². The summed E-state index contributed by atoms with van der Waals surface area (Å²) in [6, 6.07) is 0. The summed E-state index contributed by atoms with van der Waals surface area (Å²) in [6.07, 6.45) is 0. The molecule has 0 aromatic heterocycles. The van der Waals surface area contributed by atoms with Crippen molar-refractivity contribution in [2.24, 2.45) is 0 Å². The van der Waals surface area contributed by atoms with Gasteiger partial charge in [0, 0.05) is 39.5 Å². The van der Waals surface area contributed by atoms with Crippen LogP contribution in [0.5, 0.6) is 0 Å². The summed E-state index contributed by atoms with van der Waals surface area (Å²) < 4.78 is 0. The molecule has 0 bridgehead atoms. The number of hydrogen-bond acceptors (Lipinski definition) is 0. The van der Waals surface area contributed by atoms with Crippen LogP contribution in [0.15, 0.2) is 0 Å². The molecule has 0 fully saturated rings. The van der Waals surface area contributed by atoms with Gasteiger partial charge in [0.25, 0.3) is 0 Å². The fraction of sp³-hybridized carbons (Fsp3) is 1.00. The average Bonchev–Trinajstić information content (AvgIpc) is 0.811. The van der Waals surface area contributed by atoms with Gasteiger partial charge in [-0.25, -0.2) is 0 Å². The Balaban J connectivity index is 0. The van der Waals surface area contributed by atoms with Gasteiger partial charge in [0.2, 0.25) is 0 Å². The third-order valence-electron chi connectivity index (χ3n) is 0. The molecule has 5 heavy (non-hydrogen) atoms. The molecule has 0 aliphatic heterocycles. The fourth-order valence-electron chi connectivity index (χ4n) is 0. The van der Waals surface area contributed by atoms with E-state index >= 15 is 0 Å². The van der Waals surface area contributed by atoms with Crippen molar-refractivity contribution in [2.45, 2.75) is 0 Å². The zero-order chi connectivity index (χ0) is 3.58. The molecule has 0 aromatic carbocycles. The molecular formula is C3H10PRh+. The van der Waals surface area contributed by atoms with Crippen LogP contribution in [0.25, 0.3) is 0 Å². The summed E-state index contributed by atoms with van der Waals surface area (Å²) >= 11 is 0. The molecule has 35 valence electrons. The maximum atomic E-state index is 2.27. The van der Waals surface area contributed by atoms with E-state index in [1.165, 1.54) is 0 Å². The summed E-state index contributed by atoms with van der Waals surface area (Å²) in [4.78, 5) is 0. The van der Waals surface area contributed by atoms with E-state index in [4.69, 9.17) is 0 Å². The molecule has 0 saturated carbocycles. The smallest absolute Gasteiger partial charge is 0.00840 e. The second kappa shape index (κ2) is 5.05. The van der Waals surface area contributed by atoms with Gasteiger partial charge in [-0.3, -0.25) is 0 Å². The van der Waals surface area contributed by atoms with Gasteiger partial charge < -0.3 is 0 Å². The van der Waals surface area contributed by atoms with E-state index in [-0.39, 0.29) is 27.4 Å². The van der Waals surface area contributed by atoms with E-state index in [1.54, 1.807) is 0 Å². The van der Waals surface area contributed by atoms with Crippen molar-refractivity contribution in [3.8, 4) is 0 Å². The molecule has 0 saturated heterocycles. The Morgan fingerprint density at radius 3 is 1.00 bits per heavy atom. The molecule has 0 aliphatic carbocycles. The minimum atomic E-state index is 0. The molecule has 0 unspecified atom stereocenters. The van der Waals surface area contributed by atoms with Gasteiger partial charge in [0.15, 0.2) is 0 Å². The molecule has 0 heterocycles. The number of hydrogen-bond donors (Lipinski definition) is 0. The fourth-order valence-corrected chi connectivity index (χ4v) is 0. The van der Waals surface area contributed by atoms with E-state index in [2.05, 4.69) is 20.0 Å². The molecule has 0 aromatic rings. The van der Waals surface area contributed by atoms with Crippen LogP contribution in [0.1, 0.15) is 0 Å². The van der Waals surface area contributed by atoms with Crippen LogP contribution in [-0.4, -0.2) is 20.0 Å². The topological polar surface area (TPSA) is 0 Å². The molecule has 0 atom stereocenters. The molecule has 0 rings (SSSR count). The Morgan fingerprint density at radius 2 is 1.00 bits per heavy atom. The third kappa shape index (κ3) is 42.5. The Morgan fingerprint density at radius 1 is 1.00 bits per heavy atom. The minimum Gasteiger partial charge on any atom is -0.00840 e. The van der Waals surface area contributed by atoms with E-state index in [9.17, 15) is 0 Å². The second-order valence-electron chi connectivity index (χ2n) is 1.50. The van der Waals surface area contributed by atoms with Crippen LogP contribution in [-0.2, 0) is 19.5 Å². The first-order chi connectivity index (χ1) is 1.73. The molecule has 2 heteroatoms. The first kappa shape index (κ1) is 9.41. The van der Waals surface area contributed by atoms with Crippen LogP contribution in [0, 0.1) is 0 Å². The molecular weight excluding hydrogens is 170 g/mol. The Hall–Kier alpha value is 1.05. The van der Waals surface area contributed by atoms with Crippen LogP contribution in [0.4, 0.5) is 0 Å². The predicted octanol–water partition coefficient (Wildman–Crippen LogP) is 1.09. The van der Waals surface area contributed by atoms with Crippen molar-refractivity contribution >= 4 is 7.92 Å². The van der Waals surface area contributed by atoms with Crippen molar-refractivity contribution in [3.63, 3.8) is 0 Å². The van der Waals surface area contributed by atoms with Crippen molar-refractivity contribution < 1.29 is 19.5 Å². The quantitative estimate of drug-likeness (QED) is 0.386. The summed E-state index contributed by atoms with van der Waals surface area (Å²) in [7, 11) is 0.120. The van der Waals surface area contributed by atoms with Gasteiger partial charge in [0.1, 0.15) is 0 Å². The van der Waals surface area contributed by atoms with E-state index < -0.39 is 0 Å². The van der Waals surface area contributed by atoms with Gasteiger partial charge in [-0.15, -0.1) is 0 Å². The second-order valence-corrected chi connectivity index (χ2v) is 4.50. The van der Waals surface area contributed by atoms with Gasteiger partial charge in [-0.1, -0.05) is 0 Å². The largest absolute Gasteiger partial charge is 0.0461 e. The van der Waals surface area contributed by atoms with Crippen LogP contribution < -0.4 is 0 Å². The van der Waals surface area contributed by atoms with Crippen LogP contribution in [0.3, 0.4) is 0 Å². The zero-order valence-electron chi connectivity index (χ0n) is 3.83. The third-order valence-corrected chi connectivity index (χ3v) is 0. The normalized spacial score (nSPS) is 7.20. The zero-order valence-corrected chi connectivity index (χ0v) is 6.47. The summed E-state index contributed by atoms with van der Waals surface area (Å²) in [5.74, 6) is 0. The van der Waals surface area contributed by atoms with Gasteiger partial charge in [-0.05, 0) is 7.92 Å². The molecule has 1 radical (unpaired) electrons. The molecule has 0 spiro atoms. The van der Waals surface area contributed by atoms with E-state index in [0.29, 0.717) is 0 Å². The van der Waals surface area contributed by atoms with E-state index in [0.717, 1.165) is 0 Å². The van der Waals surface area contributed by atoms with Gasteiger partial charge >= 0.3 is 0 Å². The molecule has 0 N–H and O–H groups in total. The summed E-state index contributed by atoms with van der Waals surface area (Å²) in [5.41, 5.74) is 0. The minimum absolute atomic E-state index is 0. The standard InChI is InChI=1S/C3H9P.Rh/c1-4(2)3;/h1-3H3;/p+1. The monoisotopic (exact) mass is 180 g/mol. The van der Waals surface area contributed by atoms with Crippen molar-refractivity contribution in [1.29, 1.82) is 0 Å². The summed E-state index contributed by atoms with van der Waals surface area (Å²) in [6.45, 7) is 6.81. The van der Waals surface area contributed by atoms with Crippen molar-refractivity contribution in [3.05, 3.63) is 0 Å². The average molecular weight is 180 g/mol. The first-order valence-corrected chi connectivity index (χ1v) is 4.50. The Bertz CT molecular complexity index is 11.6. The predicted molar refractivity (Wildman–Crippen MR) is 26.1 cm³/mol. The van der Waals surface area contributed by atoms with Crippen molar-refractivity contribution in [1.82, 2.24) is 0 Å². The SMILES string of the molecule is C[PH+](C)C.[Rh]. The molecule has 0 aliphatic rings. The van der Waals surface area contributed by atoms with E-state index in [1.807, 2.05) is 0 Å². The number of rotatable bonds is 0. The maximum Gasteiger partial charge on any atom is 0.0461 e. The first-order valence-electron chi connectivity index (χ1n) is 1.50.